The first-order valence-corrected chi connectivity index (χ1v) is 7.11. The van der Waals surface area contributed by atoms with E-state index >= 15 is 0 Å². The summed E-state index contributed by atoms with van der Waals surface area (Å²) in [5.41, 5.74) is -1.05. The molecule has 6 heteroatoms. The van der Waals surface area contributed by atoms with Gasteiger partial charge >= 0.3 is 0 Å². The van der Waals surface area contributed by atoms with Crippen LogP contribution in [0.1, 0.15) is 18.7 Å². The van der Waals surface area contributed by atoms with Crippen molar-refractivity contribution in [3.05, 3.63) is 18.2 Å². The molecule has 1 saturated heterocycles. The maximum absolute atomic E-state index is 11.3. The minimum Gasteiger partial charge on any atom is -0.389 e. The Bertz CT molecular complexity index is 480. The van der Waals surface area contributed by atoms with Crippen LogP contribution in [-0.4, -0.2) is 40.2 Å². The fourth-order valence-electron chi connectivity index (χ4n) is 2.08. The standard InChI is InChI=1S/C10H16N2O3S/c1-12-6-5-11-9(12)2-3-10(13)4-7-16(14,15)8-10/h5-6,13H,2-4,7-8H2,1H3. The molecule has 16 heavy (non-hydrogen) atoms. The lowest BCUT2D eigenvalue weighted by atomic mass is 9.97. The van der Waals surface area contributed by atoms with E-state index in [9.17, 15) is 13.5 Å². The van der Waals surface area contributed by atoms with Crippen LogP contribution in [-0.2, 0) is 23.3 Å². The summed E-state index contributed by atoms with van der Waals surface area (Å²) >= 11 is 0. The predicted molar refractivity (Wildman–Crippen MR) is 59.7 cm³/mol. The summed E-state index contributed by atoms with van der Waals surface area (Å²) in [5.74, 6) is 0.867. The van der Waals surface area contributed by atoms with Gasteiger partial charge in [-0.15, -0.1) is 0 Å². The van der Waals surface area contributed by atoms with Crippen LogP contribution >= 0.6 is 0 Å². The van der Waals surface area contributed by atoms with Gasteiger partial charge in [0.2, 0.25) is 0 Å². The average molecular weight is 244 g/mol. The van der Waals surface area contributed by atoms with E-state index in [1.807, 2.05) is 17.8 Å². The van der Waals surface area contributed by atoms with Crippen molar-refractivity contribution < 1.29 is 13.5 Å². The van der Waals surface area contributed by atoms with Gasteiger partial charge in [0.1, 0.15) is 5.82 Å². The van der Waals surface area contributed by atoms with Crippen LogP contribution in [0.3, 0.4) is 0 Å². The molecule has 0 saturated carbocycles. The van der Waals surface area contributed by atoms with Gasteiger partial charge in [0, 0.05) is 25.9 Å². The molecular weight excluding hydrogens is 228 g/mol. The first-order valence-electron chi connectivity index (χ1n) is 5.29. The summed E-state index contributed by atoms with van der Waals surface area (Å²) in [4.78, 5) is 4.15. The molecule has 1 aliphatic heterocycles. The monoisotopic (exact) mass is 244 g/mol. The van der Waals surface area contributed by atoms with E-state index in [0.717, 1.165) is 5.82 Å². The van der Waals surface area contributed by atoms with Crippen molar-refractivity contribution >= 4 is 9.84 Å². The highest BCUT2D eigenvalue weighted by molar-refractivity contribution is 7.91. The fourth-order valence-corrected chi connectivity index (χ4v) is 4.02. The van der Waals surface area contributed by atoms with Gasteiger partial charge in [-0.25, -0.2) is 13.4 Å². The van der Waals surface area contributed by atoms with Crippen LogP contribution in [0.4, 0.5) is 0 Å². The highest BCUT2D eigenvalue weighted by Crippen LogP contribution is 2.27. The first kappa shape index (κ1) is 11.6. The number of aryl methyl sites for hydroxylation is 2. The van der Waals surface area contributed by atoms with Gasteiger partial charge in [-0.05, 0) is 12.8 Å². The van der Waals surface area contributed by atoms with Gasteiger partial charge in [0.05, 0.1) is 17.1 Å². The third-order valence-electron chi connectivity index (χ3n) is 3.10. The number of imidazole rings is 1. The van der Waals surface area contributed by atoms with E-state index in [0.29, 0.717) is 19.3 Å². The SMILES string of the molecule is Cn1ccnc1CCC1(O)CCS(=O)(=O)C1. The minimum absolute atomic E-state index is 0.101. The molecule has 2 rings (SSSR count). The van der Waals surface area contributed by atoms with E-state index in [4.69, 9.17) is 0 Å². The van der Waals surface area contributed by atoms with Crippen LogP contribution < -0.4 is 0 Å². The van der Waals surface area contributed by atoms with E-state index in [2.05, 4.69) is 4.98 Å². The van der Waals surface area contributed by atoms with Crippen LogP contribution in [0.15, 0.2) is 12.4 Å². The van der Waals surface area contributed by atoms with Crippen LogP contribution in [0.2, 0.25) is 0 Å². The molecule has 0 spiro atoms. The van der Waals surface area contributed by atoms with Crippen molar-refractivity contribution in [1.29, 1.82) is 0 Å². The maximum Gasteiger partial charge on any atom is 0.153 e. The number of rotatable bonds is 3. The van der Waals surface area contributed by atoms with Crippen molar-refractivity contribution in [2.45, 2.75) is 24.9 Å². The van der Waals surface area contributed by atoms with Gasteiger partial charge in [0.15, 0.2) is 9.84 Å². The molecule has 0 amide bonds. The molecular formula is C10H16N2O3S. The summed E-state index contributed by atoms with van der Waals surface area (Å²) < 4.78 is 24.5. The van der Waals surface area contributed by atoms with Gasteiger partial charge in [-0.1, -0.05) is 0 Å². The molecule has 1 atom stereocenters. The molecule has 5 nitrogen and oxygen atoms in total. The largest absolute Gasteiger partial charge is 0.389 e. The van der Waals surface area contributed by atoms with Gasteiger partial charge in [-0.3, -0.25) is 0 Å². The Morgan fingerprint density at radius 1 is 1.62 bits per heavy atom. The molecule has 0 aromatic carbocycles. The molecule has 1 aromatic heterocycles. The van der Waals surface area contributed by atoms with Gasteiger partial charge < -0.3 is 9.67 Å². The highest BCUT2D eigenvalue weighted by Gasteiger charge is 2.40. The quantitative estimate of drug-likeness (QED) is 0.806. The van der Waals surface area contributed by atoms with E-state index in [1.54, 1.807) is 6.20 Å². The number of aliphatic hydroxyl groups is 1. The average Bonchev–Trinajstić information content (AvgIpc) is 2.69. The molecule has 1 aliphatic rings. The summed E-state index contributed by atoms with van der Waals surface area (Å²) in [6, 6.07) is 0. The van der Waals surface area contributed by atoms with Crippen LogP contribution in [0.25, 0.3) is 0 Å². The third-order valence-corrected chi connectivity index (χ3v) is 4.91. The third kappa shape index (κ3) is 2.44. The number of nitrogens with zero attached hydrogens (tertiary/aromatic N) is 2. The second-order valence-corrected chi connectivity index (χ2v) is 6.70. The van der Waals surface area contributed by atoms with E-state index in [1.165, 1.54) is 0 Å². The molecule has 0 radical (unpaired) electrons. The molecule has 1 N–H and O–H groups in total. The number of sulfone groups is 1. The lowest BCUT2D eigenvalue weighted by Crippen LogP contribution is -2.30. The molecule has 0 aliphatic carbocycles. The Balaban J connectivity index is 1.99. The van der Waals surface area contributed by atoms with E-state index < -0.39 is 15.4 Å². The smallest absolute Gasteiger partial charge is 0.153 e. The molecule has 90 valence electrons. The molecule has 1 fully saturated rings. The lowest BCUT2D eigenvalue weighted by Gasteiger charge is -2.19. The minimum atomic E-state index is -3.03. The summed E-state index contributed by atoms with van der Waals surface area (Å²) in [6.45, 7) is 0. The fraction of sp³-hybridized carbons (Fsp3) is 0.700. The zero-order valence-corrected chi connectivity index (χ0v) is 10.1. The summed E-state index contributed by atoms with van der Waals surface area (Å²) in [7, 11) is -1.15. The zero-order valence-electron chi connectivity index (χ0n) is 9.26. The van der Waals surface area contributed by atoms with Crippen molar-refractivity contribution in [2.75, 3.05) is 11.5 Å². The summed E-state index contributed by atoms with van der Waals surface area (Å²) in [6.07, 6.45) is 4.95. The predicted octanol–water partition coefficient (Wildman–Crippen LogP) is -0.0977. The number of aromatic nitrogens is 2. The second-order valence-electron chi connectivity index (χ2n) is 4.52. The number of hydrogen-bond acceptors (Lipinski definition) is 4. The Kier molecular flexibility index (Phi) is 2.79. The topological polar surface area (TPSA) is 72.2 Å². The molecule has 1 unspecified atom stereocenters. The normalized spacial score (nSPS) is 28.4. The maximum atomic E-state index is 11.3. The number of hydrogen-bond donors (Lipinski definition) is 1. The highest BCUT2D eigenvalue weighted by atomic mass is 32.2. The van der Waals surface area contributed by atoms with Crippen molar-refractivity contribution in [3.8, 4) is 0 Å². The molecule has 0 bridgehead atoms. The Morgan fingerprint density at radius 2 is 2.38 bits per heavy atom. The Morgan fingerprint density at radius 3 is 2.88 bits per heavy atom. The zero-order chi connectivity index (χ0) is 11.8. The Labute approximate surface area is 95.0 Å². The van der Waals surface area contributed by atoms with Gasteiger partial charge in [-0.2, -0.15) is 0 Å². The van der Waals surface area contributed by atoms with Gasteiger partial charge in [0.25, 0.3) is 0 Å². The second kappa shape index (κ2) is 3.85. The molecule has 1 aromatic rings. The summed E-state index contributed by atoms with van der Waals surface area (Å²) in [5, 5.41) is 10.1. The Hall–Kier alpha value is -0.880. The molecule has 2 heterocycles. The van der Waals surface area contributed by atoms with Crippen molar-refractivity contribution in [2.24, 2.45) is 7.05 Å². The van der Waals surface area contributed by atoms with Crippen LogP contribution in [0.5, 0.6) is 0 Å². The van der Waals surface area contributed by atoms with E-state index in [-0.39, 0.29) is 11.5 Å². The van der Waals surface area contributed by atoms with Crippen LogP contribution in [0, 0.1) is 0 Å². The van der Waals surface area contributed by atoms with Crippen molar-refractivity contribution in [3.63, 3.8) is 0 Å². The first-order chi connectivity index (χ1) is 7.40. The lowest BCUT2D eigenvalue weighted by molar-refractivity contribution is 0.0581. The van der Waals surface area contributed by atoms with Crippen molar-refractivity contribution in [1.82, 2.24) is 9.55 Å².